The first-order chi connectivity index (χ1) is 5.74. The molecule has 0 spiro atoms. The van der Waals surface area contributed by atoms with E-state index in [9.17, 15) is 0 Å². The van der Waals surface area contributed by atoms with Gasteiger partial charge in [0.05, 0.1) is 6.10 Å². The van der Waals surface area contributed by atoms with Crippen molar-refractivity contribution >= 4 is 0 Å². The summed E-state index contributed by atoms with van der Waals surface area (Å²) in [5.41, 5.74) is 0.706. The molecule has 0 aromatic heterocycles. The van der Waals surface area contributed by atoms with Crippen LogP contribution in [0.4, 0.5) is 0 Å². The summed E-state index contributed by atoms with van der Waals surface area (Å²) in [6, 6.07) is 7.56. The van der Waals surface area contributed by atoms with Crippen LogP contribution >= 0.6 is 0 Å². The van der Waals surface area contributed by atoms with Crippen molar-refractivity contribution in [1.29, 1.82) is 0 Å². The van der Waals surface area contributed by atoms with E-state index in [1.165, 1.54) is 0 Å². The van der Waals surface area contributed by atoms with Gasteiger partial charge in [0.2, 0.25) is 0 Å². The van der Waals surface area contributed by atoms with Gasteiger partial charge in [-0.3, -0.25) is 0 Å². The van der Waals surface area contributed by atoms with E-state index in [1.54, 1.807) is 0 Å². The summed E-state index contributed by atoms with van der Waals surface area (Å²) in [6.45, 7) is 9.82. The number of benzene rings is 1. The normalized spacial score (nSPS) is 12.6. The average molecular weight is 162 g/mol. The SMILES string of the molecule is [CH]c1ccccc1OC(C)CC. The lowest BCUT2D eigenvalue weighted by Gasteiger charge is -2.13. The molecule has 1 aromatic rings. The molecule has 1 unspecified atom stereocenters. The molecular formula is C11H14O. The highest BCUT2D eigenvalue weighted by Gasteiger charge is 2.02. The molecule has 0 N–H and O–H groups in total. The van der Waals surface area contributed by atoms with Gasteiger partial charge in [0, 0.05) is 6.92 Å². The van der Waals surface area contributed by atoms with Crippen LogP contribution in [0.25, 0.3) is 0 Å². The fraction of sp³-hybridized carbons (Fsp3) is 0.364. The molecule has 12 heavy (non-hydrogen) atoms. The third kappa shape index (κ3) is 2.26. The Kier molecular flexibility index (Phi) is 3.15. The first-order valence-electron chi connectivity index (χ1n) is 4.25. The van der Waals surface area contributed by atoms with Crippen LogP contribution in [0.5, 0.6) is 5.75 Å². The molecule has 1 atom stereocenters. The zero-order chi connectivity index (χ0) is 8.97. The summed E-state index contributed by atoms with van der Waals surface area (Å²) < 4.78 is 5.57. The number of hydrogen-bond acceptors (Lipinski definition) is 1. The molecule has 64 valence electrons. The van der Waals surface area contributed by atoms with Crippen LogP contribution in [0.3, 0.4) is 0 Å². The minimum atomic E-state index is 0.231. The van der Waals surface area contributed by atoms with Crippen molar-refractivity contribution in [2.75, 3.05) is 0 Å². The highest BCUT2D eigenvalue weighted by Crippen LogP contribution is 2.18. The van der Waals surface area contributed by atoms with Gasteiger partial charge >= 0.3 is 0 Å². The minimum Gasteiger partial charge on any atom is -0.490 e. The maximum Gasteiger partial charge on any atom is 0.123 e. The minimum absolute atomic E-state index is 0.231. The van der Waals surface area contributed by atoms with E-state index in [1.807, 2.05) is 31.2 Å². The zero-order valence-corrected chi connectivity index (χ0v) is 7.58. The smallest absolute Gasteiger partial charge is 0.123 e. The summed E-state index contributed by atoms with van der Waals surface area (Å²) in [4.78, 5) is 0. The Hall–Kier alpha value is -0.980. The molecule has 1 aromatic carbocycles. The van der Waals surface area contributed by atoms with Crippen LogP contribution in [0, 0.1) is 6.92 Å². The molecule has 0 bridgehead atoms. The summed E-state index contributed by atoms with van der Waals surface area (Å²) in [5, 5.41) is 0. The van der Waals surface area contributed by atoms with Gasteiger partial charge in [-0.25, -0.2) is 0 Å². The Morgan fingerprint density at radius 3 is 2.67 bits per heavy atom. The van der Waals surface area contributed by atoms with Gasteiger partial charge in [0.25, 0.3) is 0 Å². The monoisotopic (exact) mass is 162 g/mol. The Bertz CT molecular complexity index is 243. The average Bonchev–Trinajstić information content (AvgIpc) is 2.09. The molecule has 1 rings (SSSR count). The molecule has 1 nitrogen and oxygen atoms in total. The van der Waals surface area contributed by atoms with Gasteiger partial charge in [0.1, 0.15) is 5.75 Å². The zero-order valence-electron chi connectivity index (χ0n) is 7.58. The molecule has 0 saturated heterocycles. The highest BCUT2D eigenvalue weighted by atomic mass is 16.5. The van der Waals surface area contributed by atoms with Crippen LogP contribution in [-0.2, 0) is 0 Å². The standard InChI is InChI=1S/C11H14O/c1-4-10(3)12-11-8-6-5-7-9(11)2/h2,5-8,10H,4H2,1,3H3. The maximum absolute atomic E-state index is 5.70. The second-order valence-electron chi connectivity index (χ2n) is 2.87. The van der Waals surface area contributed by atoms with Crippen molar-refractivity contribution in [2.45, 2.75) is 26.4 Å². The van der Waals surface area contributed by atoms with Crippen LogP contribution < -0.4 is 4.74 Å². The number of hydrogen-bond donors (Lipinski definition) is 0. The Labute approximate surface area is 74.4 Å². The predicted octanol–water partition coefficient (Wildman–Crippen LogP) is 2.92. The second-order valence-corrected chi connectivity index (χ2v) is 2.87. The Morgan fingerprint density at radius 2 is 2.08 bits per heavy atom. The van der Waals surface area contributed by atoms with Gasteiger partial charge in [-0.2, -0.15) is 0 Å². The predicted molar refractivity (Wildman–Crippen MR) is 50.2 cm³/mol. The van der Waals surface area contributed by atoms with E-state index >= 15 is 0 Å². The molecule has 2 radical (unpaired) electrons. The molecule has 0 aliphatic carbocycles. The van der Waals surface area contributed by atoms with Crippen molar-refractivity contribution in [3.63, 3.8) is 0 Å². The fourth-order valence-electron chi connectivity index (χ4n) is 0.888. The van der Waals surface area contributed by atoms with Gasteiger partial charge in [-0.05, 0) is 25.0 Å². The topological polar surface area (TPSA) is 9.23 Å². The fourth-order valence-corrected chi connectivity index (χ4v) is 0.888. The summed E-state index contributed by atoms with van der Waals surface area (Å²) in [5.74, 6) is 0.784. The molecule has 0 saturated carbocycles. The first kappa shape index (κ1) is 9.11. The molecule has 0 heterocycles. The van der Waals surface area contributed by atoms with Crippen LogP contribution in [0.2, 0.25) is 0 Å². The van der Waals surface area contributed by atoms with Crippen LogP contribution in [0.1, 0.15) is 25.8 Å². The van der Waals surface area contributed by atoms with E-state index < -0.39 is 0 Å². The largest absolute Gasteiger partial charge is 0.490 e. The van der Waals surface area contributed by atoms with E-state index in [0.29, 0.717) is 5.56 Å². The quantitative estimate of drug-likeness (QED) is 0.664. The third-order valence-corrected chi connectivity index (χ3v) is 1.82. The van der Waals surface area contributed by atoms with Gasteiger partial charge in [0.15, 0.2) is 0 Å². The molecule has 0 aliphatic heterocycles. The summed E-state index contributed by atoms with van der Waals surface area (Å²) in [6.07, 6.45) is 1.23. The summed E-state index contributed by atoms with van der Waals surface area (Å²) >= 11 is 0. The van der Waals surface area contributed by atoms with Crippen LogP contribution in [0.15, 0.2) is 24.3 Å². The Morgan fingerprint density at radius 1 is 1.42 bits per heavy atom. The highest BCUT2D eigenvalue weighted by molar-refractivity contribution is 5.35. The maximum atomic E-state index is 5.70. The number of ether oxygens (including phenoxy) is 1. The third-order valence-electron chi connectivity index (χ3n) is 1.82. The first-order valence-corrected chi connectivity index (χ1v) is 4.25. The van der Waals surface area contributed by atoms with E-state index in [4.69, 9.17) is 11.7 Å². The Balaban J connectivity index is 2.69. The lowest BCUT2D eigenvalue weighted by Crippen LogP contribution is -2.10. The molecule has 0 aliphatic rings. The van der Waals surface area contributed by atoms with E-state index in [2.05, 4.69) is 6.92 Å². The van der Waals surface area contributed by atoms with Gasteiger partial charge in [-0.1, -0.05) is 25.1 Å². The van der Waals surface area contributed by atoms with E-state index in [0.717, 1.165) is 12.2 Å². The van der Waals surface area contributed by atoms with Crippen molar-refractivity contribution in [2.24, 2.45) is 0 Å². The van der Waals surface area contributed by atoms with Crippen LogP contribution in [-0.4, -0.2) is 6.10 Å². The molecular weight excluding hydrogens is 148 g/mol. The number of rotatable bonds is 3. The van der Waals surface area contributed by atoms with Crippen molar-refractivity contribution in [3.05, 3.63) is 36.8 Å². The molecule has 0 fully saturated rings. The van der Waals surface area contributed by atoms with E-state index in [-0.39, 0.29) is 6.10 Å². The van der Waals surface area contributed by atoms with Crippen molar-refractivity contribution in [1.82, 2.24) is 0 Å². The second kappa shape index (κ2) is 4.15. The van der Waals surface area contributed by atoms with Gasteiger partial charge < -0.3 is 4.74 Å². The lowest BCUT2D eigenvalue weighted by atomic mass is 10.2. The van der Waals surface area contributed by atoms with Crippen molar-refractivity contribution in [3.8, 4) is 5.75 Å². The number of para-hydroxylation sites is 1. The lowest BCUT2D eigenvalue weighted by molar-refractivity contribution is 0.216. The van der Waals surface area contributed by atoms with Gasteiger partial charge in [-0.15, -0.1) is 0 Å². The van der Waals surface area contributed by atoms with Crippen molar-refractivity contribution < 1.29 is 4.74 Å². The summed E-state index contributed by atoms with van der Waals surface area (Å²) in [7, 11) is 0. The molecule has 0 amide bonds. The molecule has 1 heteroatoms.